The van der Waals surface area contributed by atoms with Crippen LogP contribution in [0.4, 0.5) is 0 Å². The van der Waals surface area contributed by atoms with Crippen molar-refractivity contribution in [3.63, 3.8) is 0 Å². The van der Waals surface area contributed by atoms with Crippen LogP contribution >= 0.6 is 22.9 Å². The van der Waals surface area contributed by atoms with E-state index in [1.807, 2.05) is 13.8 Å². The summed E-state index contributed by atoms with van der Waals surface area (Å²) in [6.07, 6.45) is 0.815. The van der Waals surface area contributed by atoms with E-state index in [1.54, 1.807) is 12.1 Å². The number of hydrogen-bond acceptors (Lipinski definition) is 6. The molecule has 144 valence electrons. The van der Waals surface area contributed by atoms with Gasteiger partial charge in [0.1, 0.15) is 10.6 Å². The van der Waals surface area contributed by atoms with Crippen molar-refractivity contribution in [2.75, 3.05) is 13.7 Å². The molecule has 1 aromatic heterocycles. The van der Waals surface area contributed by atoms with Gasteiger partial charge in [-0.15, -0.1) is 11.3 Å². The third-order valence-electron chi connectivity index (χ3n) is 3.66. The minimum atomic E-state index is -0.679. The number of aryl methyl sites for hydroxylation is 2. The Morgan fingerprint density at radius 1 is 1.19 bits per heavy atom. The van der Waals surface area contributed by atoms with Crippen molar-refractivity contribution in [2.45, 2.75) is 20.3 Å². The first-order valence-corrected chi connectivity index (χ1v) is 9.24. The second-order valence-electron chi connectivity index (χ2n) is 5.47. The van der Waals surface area contributed by atoms with E-state index in [-0.39, 0.29) is 5.56 Å². The van der Waals surface area contributed by atoms with Crippen LogP contribution in [0.1, 0.15) is 37.4 Å². The molecule has 0 atom stereocenters. The summed E-state index contributed by atoms with van der Waals surface area (Å²) in [6, 6.07) is 6.28. The van der Waals surface area contributed by atoms with E-state index in [1.165, 1.54) is 30.6 Å². The highest BCUT2D eigenvalue weighted by Crippen LogP contribution is 2.23. The summed E-state index contributed by atoms with van der Waals surface area (Å²) in [6.45, 7) is 3.39. The Bertz CT molecular complexity index is 865. The summed E-state index contributed by atoms with van der Waals surface area (Å²) in [4.78, 5) is 37.4. The number of thiophene rings is 1. The minimum absolute atomic E-state index is 0.156. The molecule has 27 heavy (non-hydrogen) atoms. The van der Waals surface area contributed by atoms with E-state index < -0.39 is 24.4 Å². The molecule has 9 heteroatoms. The van der Waals surface area contributed by atoms with Crippen LogP contribution in [-0.2, 0) is 16.0 Å². The van der Waals surface area contributed by atoms with Crippen molar-refractivity contribution in [1.29, 1.82) is 0 Å². The van der Waals surface area contributed by atoms with Gasteiger partial charge in [0.2, 0.25) is 0 Å². The molecule has 0 radical (unpaired) electrons. The maximum atomic E-state index is 12.1. The average molecular weight is 411 g/mol. The maximum absolute atomic E-state index is 12.1. The van der Waals surface area contributed by atoms with Crippen molar-refractivity contribution < 1.29 is 23.9 Å². The Kier molecular flexibility index (Phi) is 7.20. The monoisotopic (exact) mass is 410 g/mol. The van der Waals surface area contributed by atoms with Gasteiger partial charge in [-0.3, -0.25) is 20.4 Å². The Morgan fingerprint density at radius 2 is 1.93 bits per heavy atom. The van der Waals surface area contributed by atoms with Gasteiger partial charge in [-0.2, -0.15) is 0 Å². The fraction of sp³-hybridized carbons (Fsp3) is 0.278. The molecule has 0 aliphatic rings. The largest absolute Gasteiger partial charge is 0.496 e. The fourth-order valence-electron chi connectivity index (χ4n) is 2.26. The number of amides is 2. The molecule has 0 spiro atoms. The first kappa shape index (κ1) is 20.7. The Balaban J connectivity index is 1.86. The molecule has 0 aliphatic carbocycles. The number of carbonyl (C=O) groups excluding carboxylic acids is 3. The van der Waals surface area contributed by atoms with E-state index in [2.05, 4.69) is 10.9 Å². The van der Waals surface area contributed by atoms with Gasteiger partial charge in [0.25, 0.3) is 11.8 Å². The van der Waals surface area contributed by atoms with Crippen LogP contribution in [0.5, 0.6) is 5.75 Å². The highest BCUT2D eigenvalue weighted by molar-refractivity contribution is 7.14. The third kappa shape index (κ3) is 5.45. The predicted octanol–water partition coefficient (Wildman–Crippen LogP) is 2.90. The lowest BCUT2D eigenvalue weighted by Crippen LogP contribution is -2.43. The lowest BCUT2D eigenvalue weighted by molar-refractivity contribution is -0.125. The van der Waals surface area contributed by atoms with Gasteiger partial charge < -0.3 is 9.47 Å². The van der Waals surface area contributed by atoms with Crippen molar-refractivity contribution in [2.24, 2.45) is 0 Å². The molecule has 2 aromatic rings. The van der Waals surface area contributed by atoms with Crippen LogP contribution in [-0.4, -0.2) is 31.5 Å². The molecule has 1 aromatic carbocycles. The number of rotatable bonds is 6. The second kappa shape index (κ2) is 9.38. The van der Waals surface area contributed by atoms with E-state index >= 15 is 0 Å². The van der Waals surface area contributed by atoms with Crippen molar-refractivity contribution in [3.8, 4) is 5.75 Å². The molecule has 0 aliphatic heterocycles. The Hall–Kier alpha value is -2.58. The van der Waals surface area contributed by atoms with Gasteiger partial charge in [-0.05, 0) is 43.2 Å². The number of halogens is 1. The van der Waals surface area contributed by atoms with Gasteiger partial charge in [0.15, 0.2) is 6.61 Å². The summed E-state index contributed by atoms with van der Waals surface area (Å²) < 4.78 is 10.0. The van der Waals surface area contributed by atoms with Gasteiger partial charge in [-0.1, -0.05) is 18.5 Å². The number of hydrogen-bond donors (Lipinski definition) is 2. The molecule has 0 fully saturated rings. The standard InChI is InChI=1S/C18H19ClN2O5S/c1-4-11-7-15(27-10(11)2)18(24)26-9-16(22)20-21-17(23)13-8-12(19)5-6-14(13)25-3/h5-8H,4,9H2,1-3H3,(H,20,22)(H,21,23). The quantitative estimate of drug-likeness (QED) is 0.564. The number of methoxy groups -OCH3 is 1. The molecule has 2 rings (SSSR count). The molecule has 7 nitrogen and oxygen atoms in total. The molecule has 1 heterocycles. The molecular formula is C18H19ClN2O5S. The van der Waals surface area contributed by atoms with E-state index in [4.69, 9.17) is 21.1 Å². The highest BCUT2D eigenvalue weighted by Gasteiger charge is 2.16. The molecule has 0 unspecified atom stereocenters. The van der Waals surface area contributed by atoms with Gasteiger partial charge in [0.05, 0.1) is 12.7 Å². The third-order valence-corrected chi connectivity index (χ3v) is 4.97. The molecule has 0 saturated carbocycles. The summed E-state index contributed by atoms with van der Waals surface area (Å²) >= 11 is 7.18. The molecule has 2 amide bonds. The van der Waals surface area contributed by atoms with E-state index in [0.717, 1.165) is 16.9 Å². The summed E-state index contributed by atoms with van der Waals surface area (Å²) in [5.41, 5.74) is 5.62. The van der Waals surface area contributed by atoms with Crippen LogP contribution in [0.25, 0.3) is 0 Å². The zero-order valence-electron chi connectivity index (χ0n) is 15.1. The second-order valence-corrected chi connectivity index (χ2v) is 7.16. The first-order chi connectivity index (χ1) is 12.8. The molecule has 0 saturated heterocycles. The van der Waals surface area contributed by atoms with Crippen LogP contribution < -0.4 is 15.6 Å². The summed E-state index contributed by atoms with van der Waals surface area (Å²) in [7, 11) is 1.41. The lowest BCUT2D eigenvalue weighted by atomic mass is 10.2. The zero-order chi connectivity index (χ0) is 20.0. The predicted molar refractivity (Wildman–Crippen MR) is 102 cm³/mol. The number of benzene rings is 1. The van der Waals surface area contributed by atoms with E-state index in [0.29, 0.717) is 15.6 Å². The van der Waals surface area contributed by atoms with Crippen molar-refractivity contribution in [1.82, 2.24) is 10.9 Å². The minimum Gasteiger partial charge on any atom is -0.496 e. The topological polar surface area (TPSA) is 93.7 Å². The maximum Gasteiger partial charge on any atom is 0.348 e. The van der Waals surface area contributed by atoms with Crippen LogP contribution in [0.15, 0.2) is 24.3 Å². The summed E-state index contributed by atoms with van der Waals surface area (Å²) in [5.74, 6) is -1.57. The molecule has 2 N–H and O–H groups in total. The Labute approximate surface area is 165 Å². The van der Waals surface area contributed by atoms with Gasteiger partial charge >= 0.3 is 5.97 Å². The van der Waals surface area contributed by atoms with Gasteiger partial charge in [-0.25, -0.2) is 4.79 Å². The highest BCUT2D eigenvalue weighted by atomic mass is 35.5. The van der Waals surface area contributed by atoms with Crippen molar-refractivity contribution >= 4 is 40.7 Å². The van der Waals surface area contributed by atoms with Gasteiger partial charge in [0, 0.05) is 9.90 Å². The van der Waals surface area contributed by atoms with Crippen LogP contribution in [0, 0.1) is 6.92 Å². The number of esters is 1. The Morgan fingerprint density at radius 3 is 2.56 bits per heavy atom. The normalized spacial score (nSPS) is 10.2. The average Bonchev–Trinajstić information content (AvgIpc) is 3.04. The summed E-state index contributed by atoms with van der Waals surface area (Å²) in [5, 5.41) is 0.346. The zero-order valence-corrected chi connectivity index (χ0v) is 16.6. The fourth-order valence-corrected chi connectivity index (χ4v) is 3.44. The molecule has 0 bridgehead atoms. The first-order valence-electron chi connectivity index (χ1n) is 8.04. The van der Waals surface area contributed by atoms with Crippen molar-refractivity contribution in [3.05, 3.63) is 50.2 Å². The molecular weight excluding hydrogens is 392 g/mol. The SMILES string of the molecule is CCc1cc(C(=O)OCC(=O)NNC(=O)c2cc(Cl)ccc2OC)sc1C. The number of nitrogens with one attached hydrogen (secondary N) is 2. The van der Waals surface area contributed by atoms with Crippen LogP contribution in [0.2, 0.25) is 5.02 Å². The number of carbonyl (C=O) groups is 3. The number of ether oxygens (including phenoxy) is 2. The number of hydrazine groups is 1. The van der Waals surface area contributed by atoms with E-state index in [9.17, 15) is 14.4 Å². The van der Waals surface area contributed by atoms with Crippen LogP contribution in [0.3, 0.4) is 0 Å². The smallest absolute Gasteiger partial charge is 0.348 e. The lowest BCUT2D eigenvalue weighted by Gasteiger charge is -2.10.